The van der Waals surface area contributed by atoms with Gasteiger partial charge in [0, 0.05) is 6.42 Å². The van der Waals surface area contributed by atoms with Gasteiger partial charge >= 0.3 is 12.1 Å². The van der Waals surface area contributed by atoms with Crippen LogP contribution in [0.5, 0.6) is 0 Å². The molecule has 2 atom stereocenters. The molecule has 0 saturated carbocycles. The molecule has 3 rings (SSSR count). The van der Waals surface area contributed by atoms with Crippen LogP contribution in [0.2, 0.25) is 0 Å². The van der Waals surface area contributed by atoms with Gasteiger partial charge in [-0.3, -0.25) is 9.59 Å². The van der Waals surface area contributed by atoms with Crippen molar-refractivity contribution in [3.05, 3.63) is 108 Å². The van der Waals surface area contributed by atoms with Crippen molar-refractivity contribution in [1.29, 1.82) is 0 Å². The van der Waals surface area contributed by atoms with Crippen molar-refractivity contribution in [2.75, 3.05) is 13.2 Å². The molecule has 254 valence electrons. The normalized spacial score (nSPS) is 12.7. The molecule has 0 spiro atoms. The predicted molar refractivity (Wildman–Crippen MR) is 181 cm³/mol. The number of hydrogen-bond donors (Lipinski definition) is 2. The number of ether oxygens (including phenoxy) is 4. The van der Waals surface area contributed by atoms with E-state index in [2.05, 4.69) is 10.6 Å². The number of hydrogen-bond acceptors (Lipinski definition) is 7. The second kappa shape index (κ2) is 19.5. The maximum atomic E-state index is 14.1. The molecule has 2 amide bonds. The van der Waals surface area contributed by atoms with E-state index in [0.29, 0.717) is 19.6 Å². The molecule has 0 aliphatic carbocycles. The quantitative estimate of drug-likeness (QED) is 0.154. The molecule has 0 radical (unpaired) electrons. The highest BCUT2D eigenvalue weighted by atomic mass is 16.6. The fourth-order valence-corrected chi connectivity index (χ4v) is 4.69. The van der Waals surface area contributed by atoms with E-state index in [-0.39, 0.29) is 32.0 Å². The Morgan fingerprint density at radius 1 is 0.702 bits per heavy atom. The first kappa shape index (κ1) is 37.2. The van der Waals surface area contributed by atoms with Crippen molar-refractivity contribution in [3.8, 4) is 0 Å². The van der Waals surface area contributed by atoms with E-state index in [1.165, 1.54) is 0 Å². The van der Waals surface area contributed by atoms with Gasteiger partial charge in [-0.15, -0.1) is 0 Å². The van der Waals surface area contributed by atoms with Gasteiger partial charge in [0.25, 0.3) is 5.91 Å². The Kier molecular flexibility index (Phi) is 15.4. The number of esters is 1. The van der Waals surface area contributed by atoms with E-state index >= 15 is 0 Å². The lowest BCUT2D eigenvalue weighted by Gasteiger charge is -2.30. The van der Waals surface area contributed by atoms with Crippen molar-refractivity contribution < 1.29 is 33.3 Å². The number of carbonyl (C=O) groups is 3. The summed E-state index contributed by atoms with van der Waals surface area (Å²) in [5, 5.41) is 5.80. The van der Waals surface area contributed by atoms with Crippen LogP contribution in [0.3, 0.4) is 0 Å². The second-order valence-corrected chi connectivity index (χ2v) is 13.0. The first-order chi connectivity index (χ1) is 22.5. The van der Waals surface area contributed by atoms with Crippen LogP contribution < -0.4 is 10.6 Å². The van der Waals surface area contributed by atoms with Crippen molar-refractivity contribution >= 4 is 18.0 Å². The molecule has 9 heteroatoms. The number of benzene rings is 3. The third-order valence-electron chi connectivity index (χ3n) is 7.02. The number of rotatable bonds is 18. The van der Waals surface area contributed by atoms with Crippen LogP contribution in [0, 0.1) is 5.92 Å². The van der Waals surface area contributed by atoms with Crippen molar-refractivity contribution in [2.24, 2.45) is 5.92 Å². The SMILES string of the molecule is CC(C)CCC(=O)OC(C(=O)NC(COCc1ccccc1)COCc1ccccc1)[C@H](Cc1ccccc1)NC(=O)OC(C)(C)C. The topological polar surface area (TPSA) is 112 Å². The molecule has 0 aliphatic rings. The van der Waals surface area contributed by atoms with Gasteiger partial charge in [-0.25, -0.2) is 4.79 Å². The number of amides is 2. The van der Waals surface area contributed by atoms with E-state index in [9.17, 15) is 14.4 Å². The first-order valence-corrected chi connectivity index (χ1v) is 16.2. The van der Waals surface area contributed by atoms with Crippen molar-refractivity contribution in [3.63, 3.8) is 0 Å². The summed E-state index contributed by atoms with van der Waals surface area (Å²) in [7, 11) is 0. The van der Waals surface area contributed by atoms with Gasteiger partial charge in [-0.05, 0) is 56.2 Å². The Labute approximate surface area is 279 Å². The zero-order valence-electron chi connectivity index (χ0n) is 28.3. The summed E-state index contributed by atoms with van der Waals surface area (Å²) in [5.74, 6) is -0.834. The predicted octanol–water partition coefficient (Wildman–Crippen LogP) is 6.39. The molecular weight excluding hydrogens is 596 g/mol. The summed E-state index contributed by atoms with van der Waals surface area (Å²) in [4.78, 5) is 40.2. The first-order valence-electron chi connectivity index (χ1n) is 16.2. The van der Waals surface area contributed by atoms with Crippen molar-refractivity contribution in [1.82, 2.24) is 10.6 Å². The third kappa shape index (κ3) is 15.3. The highest BCUT2D eigenvalue weighted by Gasteiger charge is 2.35. The lowest BCUT2D eigenvalue weighted by Crippen LogP contribution is -2.56. The lowest BCUT2D eigenvalue weighted by atomic mass is 10.00. The molecule has 0 heterocycles. The van der Waals surface area contributed by atoms with Crippen molar-refractivity contribution in [2.45, 2.75) is 90.9 Å². The Morgan fingerprint density at radius 2 is 1.19 bits per heavy atom. The zero-order chi connectivity index (χ0) is 34.1. The Morgan fingerprint density at radius 3 is 1.66 bits per heavy atom. The molecule has 2 N–H and O–H groups in total. The van der Waals surface area contributed by atoms with E-state index in [1.807, 2.05) is 105 Å². The molecule has 0 aromatic heterocycles. The molecule has 3 aromatic rings. The van der Waals surface area contributed by atoms with Gasteiger partial charge in [0.05, 0.1) is 38.5 Å². The monoisotopic (exact) mass is 646 g/mol. The van der Waals surface area contributed by atoms with Crippen LogP contribution in [0.25, 0.3) is 0 Å². The highest BCUT2D eigenvalue weighted by molar-refractivity contribution is 5.85. The minimum Gasteiger partial charge on any atom is -0.450 e. The molecule has 0 aliphatic heterocycles. The molecular formula is C38H50N2O7. The summed E-state index contributed by atoms with van der Waals surface area (Å²) in [6.07, 6.45) is -1.12. The minimum atomic E-state index is -1.35. The van der Waals surface area contributed by atoms with Crippen LogP contribution in [0.4, 0.5) is 4.79 Å². The van der Waals surface area contributed by atoms with Gasteiger partial charge in [0.15, 0.2) is 0 Å². The highest BCUT2D eigenvalue weighted by Crippen LogP contribution is 2.15. The van der Waals surface area contributed by atoms with E-state index in [4.69, 9.17) is 18.9 Å². The van der Waals surface area contributed by atoms with Crippen LogP contribution >= 0.6 is 0 Å². The molecule has 0 fully saturated rings. The number of alkyl carbamates (subject to hydrolysis) is 1. The summed E-state index contributed by atoms with van der Waals surface area (Å²) in [6, 6.07) is 27.3. The Bertz CT molecular complexity index is 1300. The molecule has 1 unspecified atom stereocenters. The molecule has 3 aromatic carbocycles. The fraction of sp³-hybridized carbons (Fsp3) is 0.447. The van der Waals surface area contributed by atoms with Crippen LogP contribution in [0.15, 0.2) is 91.0 Å². The second-order valence-electron chi connectivity index (χ2n) is 13.0. The molecule has 47 heavy (non-hydrogen) atoms. The zero-order valence-corrected chi connectivity index (χ0v) is 28.3. The minimum absolute atomic E-state index is 0.135. The average molecular weight is 647 g/mol. The van der Waals surface area contributed by atoms with Crippen LogP contribution in [0.1, 0.15) is 64.2 Å². The van der Waals surface area contributed by atoms with E-state index in [1.54, 1.807) is 20.8 Å². The van der Waals surface area contributed by atoms with E-state index < -0.39 is 41.8 Å². The van der Waals surface area contributed by atoms with Gasteiger partial charge in [-0.1, -0.05) is 105 Å². The van der Waals surface area contributed by atoms with Crippen LogP contribution in [-0.4, -0.2) is 55.0 Å². The Hall–Kier alpha value is -4.21. The van der Waals surface area contributed by atoms with Gasteiger partial charge < -0.3 is 29.6 Å². The van der Waals surface area contributed by atoms with Crippen LogP contribution in [-0.2, 0) is 48.2 Å². The molecule has 9 nitrogen and oxygen atoms in total. The summed E-state index contributed by atoms with van der Waals surface area (Å²) < 4.78 is 23.4. The maximum absolute atomic E-state index is 14.1. The third-order valence-corrected chi connectivity index (χ3v) is 7.02. The average Bonchev–Trinajstić information content (AvgIpc) is 3.03. The van der Waals surface area contributed by atoms with E-state index in [0.717, 1.165) is 16.7 Å². The molecule has 0 saturated heterocycles. The van der Waals surface area contributed by atoms with Gasteiger partial charge in [0.2, 0.25) is 6.10 Å². The standard InChI is InChI=1S/C38H50N2O7/c1-28(2)21-22-34(41)46-35(33(23-29-15-9-6-10-16-29)40-37(43)47-38(3,4)5)36(42)39-32(26-44-24-30-17-11-7-12-18-30)27-45-25-31-19-13-8-14-20-31/h6-20,28,32-33,35H,21-27H2,1-5H3,(H,39,42)(H,40,43)/t33-,35?/m0/s1. The van der Waals surface area contributed by atoms with Gasteiger partial charge in [0.1, 0.15) is 5.60 Å². The maximum Gasteiger partial charge on any atom is 0.408 e. The molecule has 0 bridgehead atoms. The smallest absolute Gasteiger partial charge is 0.408 e. The largest absolute Gasteiger partial charge is 0.450 e. The summed E-state index contributed by atoms with van der Waals surface area (Å²) >= 11 is 0. The van der Waals surface area contributed by atoms with Gasteiger partial charge in [-0.2, -0.15) is 0 Å². The fourth-order valence-electron chi connectivity index (χ4n) is 4.69. The number of nitrogens with one attached hydrogen (secondary N) is 2. The number of carbonyl (C=O) groups excluding carboxylic acids is 3. The summed E-state index contributed by atoms with van der Waals surface area (Å²) in [5.41, 5.74) is 2.05. The lowest BCUT2D eigenvalue weighted by molar-refractivity contribution is -0.158. The Balaban J connectivity index is 1.84. The summed E-state index contributed by atoms with van der Waals surface area (Å²) in [6.45, 7) is 10.3.